The number of rotatable bonds is 1. The Morgan fingerprint density at radius 2 is 1.95 bits per heavy atom. The molecule has 4 fully saturated rings. The standard InChI is InChI=1S/C20H30O2/c1-6-17(4)10-18(5)12(2)9-20-11-19(16(18)20,8-7-14(20)21)13(3)15(17)22/h6,12-13,15-16,22H,1,7-11H2,2-5H3/t12?,13-,15?,16?,17+,18+,19?,20+/m0/s1. The highest BCUT2D eigenvalue weighted by Gasteiger charge is 2.80. The van der Waals surface area contributed by atoms with Crippen LogP contribution in [0, 0.1) is 39.4 Å². The van der Waals surface area contributed by atoms with Gasteiger partial charge in [0.05, 0.1) is 6.10 Å². The number of carbonyl (C=O) groups excluding carboxylic acids is 1. The van der Waals surface area contributed by atoms with Crippen LogP contribution >= 0.6 is 0 Å². The van der Waals surface area contributed by atoms with Crippen molar-refractivity contribution in [2.24, 2.45) is 39.4 Å². The molecule has 0 saturated heterocycles. The van der Waals surface area contributed by atoms with E-state index in [0.717, 1.165) is 32.1 Å². The molecule has 122 valence electrons. The Bertz CT molecular complexity index is 568. The van der Waals surface area contributed by atoms with Crippen molar-refractivity contribution in [3.05, 3.63) is 12.7 Å². The zero-order valence-electron chi connectivity index (χ0n) is 14.5. The summed E-state index contributed by atoms with van der Waals surface area (Å²) in [6.45, 7) is 13.2. The molecule has 4 saturated carbocycles. The van der Waals surface area contributed by atoms with Crippen LogP contribution in [0.15, 0.2) is 12.7 Å². The molecular formula is C20H30O2. The zero-order valence-corrected chi connectivity index (χ0v) is 14.5. The van der Waals surface area contributed by atoms with Crippen LogP contribution in [0.1, 0.15) is 59.8 Å². The molecule has 2 nitrogen and oxygen atoms in total. The molecule has 0 radical (unpaired) electrons. The van der Waals surface area contributed by atoms with Crippen molar-refractivity contribution < 1.29 is 9.90 Å². The van der Waals surface area contributed by atoms with Gasteiger partial charge in [-0.15, -0.1) is 6.58 Å². The maximum atomic E-state index is 12.8. The van der Waals surface area contributed by atoms with E-state index in [9.17, 15) is 9.90 Å². The first-order valence-electron chi connectivity index (χ1n) is 9.01. The average Bonchev–Trinajstić information content (AvgIpc) is 2.61. The van der Waals surface area contributed by atoms with Crippen molar-refractivity contribution >= 4 is 5.78 Å². The second kappa shape index (κ2) is 3.88. The molecule has 0 aromatic heterocycles. The Balaban J connectivity index is 1.93. The monoisotopic (exact) mass is 302 g/mol. The first-order valence-corrected chi connectivity index (χ1v) is 9.01. The summed E-state index contributed by atoms with van der Waals surface area (Å²) < 4.78 is 0. The number of Topliss-reactive ketones (excluding diaryl/α,β-unsaturated/α-hetero) is 1. The smallest absolute Gasteiger partial charge is 0.139 e. The van der Waals surface area contributed by atoms with Crippen molar-refractivity contribution in [3.8, 4) is 0 Å². The van der Waals surface area contributed by atoms with Gasteiger partial charge >= 0.3 is 0 Å². The van der Waals surface area contributed by atoms with Gasteiger partial charge in [0.15, 0.2) is 0 Å². The lowest BCUT2D eigenvalue weighted by Gasteiger charge is -2.68. The maximum absolute atomic E-state index is 12.8. The normalized spacial score (nSPS) is 62.9. The molecule has 2 heteroatoms. The summed E-state index contributed by atoms with van der Waals surface area (Å²) in [6, 6.07) is 0. The molecule has 2 bridgehead atoms. The summed E-state index contributed by atoms with van der Waals surface area (Å²) in [5, 5.41) is 11.1. The van der Waals surface area contributed by atoms with Gasteiger partial charge in [-0.25, -0.2) is 0 Å². The summed E-state index contributed by atoms with van der Waals surface area (Å²) in [4.78, 5) is 12.8. The Morgan fingerprint density at radius 3 is 2.59 bits per heavy atom. The lowest BCUT2D eigenvalue weighted by atomic mass is 9.34. The van der Waals surface area contributed by atoms with Gasteiger partial charge in [-0.1, -0.05) is 33.8 Å². The fourth-order valence-corrected chi connectivity index (χ4v) is 7.89. The number of aliphatic hydroxyl groups excluding tert-OH is 1. The van der Waals surface area contributed by atoms with E-state index in [1.54, 1.807) is 0 Å². The predicted molar refractivity (Wildman–Crippen MR) is 87.2 cm³/mol. The number of hydrogen-bond donors (Lipinski definition) is 1. The summed E-state index contributed by atoms with van der Waals surface area (Å²) >= 11 is 0. The minimum absolute atomic E-state index is 0.0488. The van der Waals surface area contributed by atoms with Crippen molar-refractivity contribution in [2.45, 2.75) is 65.9 Å². The number of ketones is 1. The molecule has 0 aromatic rings. The van der Waals surface area contributed by atoms with E-state index in [1.165, 1.54) is 0 Å². The van der Waals surface area contributed by atoms with Gasteiger partial charge in [-0.2, -0.15) is 0 Å². The SMILES string of the molecule is C=C[C@]1(C)C[C@]2(C)C(C)C[C@@]34CC(CCC3=O)(C42)[C@@H](C)C1O. The van der Waals surface area contributed by atoms with E-state index in [4.69, 9.17) is 0 Å². The fraction of sp³-hybridized carbons (Fsp3) is 0.850. The van der Waals surface area contributed by atoms with Crippen molar-refractivity contribution in [1.82, 2.24) is 0 Å². The fourth-order valence-electron chi connectivity index (χ4n) is 7.89. The number of aliphatic hydroxyl groups is 1. The molecule has 4 aliphatic carbocycles. The van der Waals surface area contributed by atoms with E-state index < -0.39 is 0 Å². The third kappa shape index (κ3) is 1.28. The topological polar surface area (TPSA) is 37.3 Å². The molecule has 4 aliphatic rings. The molecule has 1 N–H and O–H groups in total. The second-order valence-corrected chi connectivity index (χ2v) is 9.65. The molecule has 8 atom stereocenters. The Hall–Kier alpha value is -0.630. The highest BCUT2D eigenvalue weighted by atomic mass is 16.3. The van der Waals surface area contributed by atoms with E-state index in [1.807, 2.05) is 6.08 Å². The van der Waals surface area contributed by atoms with Crippen LogP contribution in [-0.4, -0.2) is 17.0 Å². The molecule has 0 amide bonds. The van der Waals surface area contributed by atoms with Crippen molar-refractivity contribution in [1.29, 1.82) is 0 Å². The van der Waals surface area contributed by atoms with Gasteiger partial charge in [0.25, 0.3) is 0 Å². The quantitative estimate of drug-likeness (QED) is 0.744. The van der Waals surface area contributed by atoms with Crippen LogP contribution in [0.3, 0.4) is 0 Å². The molecule has 0 aromatic carbocycles. The first kappa shape index (κ1) is 14.9. The summed E-state index contributed by atoms with van der Waals surface area (Å²) in [5.74, 6) is 1.82. The molecular weight excluding hydrogens is 272 g/mol. The number of hydrogen-bond acceptors (Lipinski definition) is 2. The van der Waals surface area contributed by atoms with E-state index in [2.05, 4.69) is 34.3 Å². The van der Waals surface area contributed by atoms with Crippen LogP contribution in [-0.2, 0) is 4.79 Å². The molecule has 2 spiro atoms. The first-order chi connectivity index (χ1) is 10.2. The molecule has 0 heterocycles. The highest BCUT2D eigenvalue weighted by Crippen LogP contribution is 2.83. The van der Waals surface area contributed by atoms with Crippen LogP contribution in [0.2, 0.25) is 0 Å². The summed E-state index contributed by atoms with van der Waals surface area (Å²) in [7, 11) is 0. The number of carbonyl (C=O) groups is 1. The predicted octanol–water partition coefficient (Wildman–Crippen LogP) is 3.98. The minimum Gasteiger partial charge on any atom is -0.392 e. The average molecular weight is 302 g/mol. The maximum Gasteiger partial charge on any atom is 0.139 e. The lowest BCUT2D eigenvalue weighted by Crippen LogP contribution is -2.67. The van der Waals surface area contributed by atoms with Crippen molar-refractivity contribution in [2.75, 3.05) is 0 Å². The summed E-state index contributed by atoms with van der Waals surface area (Å²) in [6.07, 6.45) is 6.46. The molecule has 22 heavy (non-hydrogen) atoms. The third-order valence-electron chi connectivity index (χ3n) is 8.88. The van der Waals surface area contributed by atoms with Gasteiger partial charge in [-0.05, 0) is 54.3 Å². The largest absolute Gasteiger partial charge is 0.392 e. The zero-order chi connectivity index (χ0) is 16.1. The molecule has 0 aliphatic heterocycles. The van der Waals surface area contributed by atoms with Crippen LogP contribution in [0.25, 0.3) is 0 Å². The lowest BCUT2D eigenvalue weighted by molar-refractivity contribution is -0.214. The van der Waals surface area contributed by atoms with E-state index >= 15 is 0 Å². The van der Waals surface area contributed by atoms with E-state index in [-0.39, 0.29) is 33.7 Å². The van der Waals surface area contributed by atoms with Gasteiger partial charge in [0, 0.05) is 17.3 Å². The van der Waals surface area contributed by atoms with Gasteiger partial charge in [0.1, 0.15) is 5.78 Å². The Kier molecular flexibility index (Phi) is 2.63. The highest BCUT2D eigenvalue weighted by molar-refractivity contribution is 5.89. The van der Waals surface area contributed by atoms with Crippen LogP contribution in [0.5, 0.6) is 0 Å². The van der Waals surface area contributed by atoms with E-state index in [0.29, 0.717) is 17.6 Å². The van der Waals surface area contributed by atoms with Gasteiger partial charge in [0.2, 0.25) is 0 Å². The molecule has 4 rings (SSSR count). The Labute approximate surface area is 134 Å². The third-order valence-corrected chi connectivity index (χ3v) is 8.88. The Morgan fingerprint density at radius 1 is 1.27 bits per heavy atom. The van der Waals surface area contributed by atoms with Crippen molar-refractivity contribution in [3.63, 3.8) is 0 Å². The van der Waals surface area contributed by atoms with Gasteiger partial charge < -0.3 is 5.11 Å². The minimum atomic E-state index is -0.342. The van der Waals surface area contributed by atoms with Crippen LogP contribution < -0.4 is 0 Å². The van der Waals surface area contributed by atoms with Gasteiger partial charge in [-0.3, -0.25) is 4.79 Å². The van der Waals surface area contributed by atoms with Crippen LogP contribution in [0.4, 0.5) is 0 Å². The summed E-state index contributed by atoms with van der Waals surface area (Å²) in [5.41, 5.74) is 0.0552. The molecule has 4 unspecified atom stereocenters. The second-order valence-electron chi connectivity index (χ2n) is 9.65.